The SMILES string of the molecule is Cc1cccc(C)c1OCC(=O)NNC(=S)NC(=O)c1cccc(OCCc2ccccc2)c1. The van der Waals surface area contributed by atoms with E-state index in [0.29, 0.717) is 23.7 Å². The molecule has 0 aliphatic heterocycles. The lowest BCUT2D eigenvalue weighted by atomic mass is 10.1. The van der Waals surface area contributed by atoms with Gasteiger partial charge in [-0.05, 0) is 61.0 Å². The Bertz CT molecular complexity index is 1130. The summed E-state index contributed by atoms with van der Waals surface area (Å²) in [5.41, 5.74) is 8.35. The van der Waals surface area contributed by atoms with Gasteiger partial charge in [-0.3, -0.25) is 25.8 Å². The maximum Gasteiger partial charge on any atom is 0.276 e. The van der Waals surface area contributed by atoms with Gasteiger partial charge in [0, 0.05) is 12.0 Å². The maximum atomic E-state index is 12.5. The number of amides is 2. The minimum Gasteiger partial charge on any atom is -0.493 e. The maximum absolute atomic E-state index is 12.5. The zero-order chi connectivity index (χ0) is 24.3. The van der Waals surface area contributed by atoms with Crippen LogP contribution in [0.15, 0.2) is 72.8 Å². The van der Waals surface area contributed by atoms with Crippen molar-refractivity contribution in [2.24, 2.45) is 0 Å². The van der Waals surface area contributed by atoms with E-state index in [9.17, 15) is 9.59 Å². The third kappa shape index (κ3) is 7.60. The number of carbonyl (C=O) groups is 2. The van der Waals surface area contributed by atoms with E-state index < -0.39 is 11.8 Å². The summed E-state index contributed by atoms with van der Waals surface area (Å²) in [6, 6.07) is 22.6. The molecular weight excluding hydrogens is 450 g/mol. The molecule has 0 aliphatic carbocycles. The second-order valence-corrected chi connectivity index (χ2v) is 7.99. The number of hydrazine groups is 1. The first-order chi connectivity index (χ1) is 16.4. The van der Waals surface area contributed by atoms with Crippen LogP contribution >= 0.6 is 12.2 Å². The Kier molecular flexibility index (Phi) is 8.99. The van der Waals surface area contributed by atoms with Crippen LogP contribution in [0.2, 0.25) is 0 Å². The number of benzene rings is 3. The van der Waals surface area contributed by atoms with E-state index in [1.807, 2.05) is 62.4 Å². The molecule has 34 heavy (non-hydrogen) atoms. The smallest absolute Gasteiger partial charge is 0.276 e. The first-order valence-corrected chi connectivity index (χ1v) is 11.2. The molecule has 0 spiro atoms. The average Bonchev–Trinajstić information content (AvgIpc) is 2.83. The molecule has 3 rings (SSSR count). The fourth-order valence-electron chi connectivity index (χ4n) is 3.19. The van der Waals surface area contributed by atoms with Crippen molar-refractivity contribution in [3.63, 3.8) is 0 Å². The van der Waals surface area contributed by atoms with E-state index in [2.05, 4.69) is 16.2 Å². The van der Waals surface area contributed by atoms with Crippen LogP contribution in [-0.2, 0) is 11.2 Å². The number of ether oxygens (including phenoxy) is 2. The highest BCUT2D eigenvalue weighted by atomic mass is 32.1. The molecule has 0 bridgehead atoms. The zero-order valence-electron chi connectivity index (χ0n) is 19.1. The standard InChI is InChI=1S/C26H27N3O4S/c1-18-8-6-9-19(2)24(18)33-17-23(30)28-29-26(34)27-25(31)21-12-7-13-22(16-21)32-15-14-20-10-4-3-5-11-20/h3-13,16H,14-15,17H2,1-2H3,(H,28,30)(H2,27,29,31,34). The van der Waals surface area contributed by atoms with Crippen molar-refractivity contribution in [1.29, 1.82) is 0 Å². The summed E-state index contributed by atoms with van der Waals surface area (Å²) in [5.74, 6) is 0.388. The Balaban J connectivity index is 1.42. The summed E-state index contributed by atoms with van der Waals surface area (Å²) in [7, 11) is 0. The number of thiocarbonyl (C=S) groups is 1. The van der Waals surface area contributed by atoms with Crippen LogP contribution in [0.4, 0.5) is 0 Å². The number of para-hydroxylation sites is 1. The Labute approximate surface area is 204 Å². The van der Waals surface area contributed by atoms with Gasteiger partial charge in [-0.15, -0.1) is 0 Å². The number of hydrogen-bond donors (Lipinski definition) is 3. The topological polar surface area (TPSA) is 88.7 Å². The van der Waals surface area contributed by atoms with Crippen molar-refractivity contribution < 1.29 is 19.1 Å². The fourth-order valence-corrected chi connectivity index (χ4v) is 3.34. The third-order valence-electron chi connectivity index (χ3n) is 4.90. The minimum absolute atomic E-state index is 0.0409. The second-order valence-electron chi connectivity index (χ2n) is 7.58. The number of nitrogens with one attached hydrogen (secondary N) is 3. The molecule has 3 aromatic rings. The molecule has 2 amide bonds. The Morgan fingerprint density at radius 2 is 1.56 bits per heavy atom. The minimum atomic E-state index is -0.437. The molecule has 3 aromatic carbocycles. The average molecular weight is 478 g/mol. The summed E-state index contributed by atoms with van der Waals surface area (Å²) in [4.78, 5) is 24.6. The van der Waals surface area contributed by atoms with Crippen LogP contribution in [0.1, 0.15) is 27.0 Å². The van der Waals surface area contributed by atoms with Crippen molar-refractivity contribution in [2.75, 3.05) is 13.2 Å². The highest BCUT2D eigenvalue weighted by molar-refractivity contribution is 7.80. The molecule has 0 aromatic heterocycles. The van der Waals surface area contributed by atoms with Crippen molar-refractivity contribution in [3.8, 4) is 11.5 Å². The monoisotopic (exact) mass is 477 g/mol. The van der Waals surface area contributed by atoms with Gasteiger partial charge in [0.25, 0.3) is 11.8 Å². The van der Waals surface area contributed by atoms with Crippen molar-refractivity contribution in [1.82, 2.24) is 16.2 Å². The summed E-state index contributed by atoms with van der Waals surface area (Å²) in [6.07, 6.45) is 0.762. The summed E-state index contributed by atoms with van der Waals surface area (Å²) >= 11 is 5.09. The third-order valence-corrected chi connectivity index (χ3v) is 5.10. The number of aryl methyl sites for hydroxylation is 2. The Morgan fingerprint density at radius 1 is 0.853 bits per heavy atom. The molecule has 0 fully saturated rings. The van der Waals surface area contributed by atoms with Crippen LogP contribution < -0.4 is 25.6 Å². The molecule has 0 unspecified atom stereocenters. The van der Waals surface area contributed by atoms with Crippen molar-refractivity contribution in [3.05, 3.63) is 95.1 Å². The summed E-state index contributed by atoms with van der Waals surface area (Å²) < 4.78 is 11.4. The lowest BCUT2D eigenvalue weighted by molar-refractivity contribution is -0.123. The van der Waals surface area contributed by atoms with Crippen molar-refractivity contribution >= 4 is 29.1 Å². The second kappa shape index (κ2) is 12.4. The van der Waals surface area contributed by atoms with Gasteiger partial charge in [0.05, 0.1) is 6.61 Å². The first-order valence-electron chi connectivity index (χ1n) is 10.8. The van der Waals surface area contributed by atoms with Gasteiger partial charge in [0.15, 0.2) is 11.7 Å². The van der Waals surface area contributed by atoms with Crippen molar-refractivity contribution in [2.45, 2.75) is 20.3 Å². The molecular formula is C26H27N3O4S. The molecule has 0 saturated heterocycles. The van der Waals surface area contributed by atoms with E-state index in [1.165, 1.54) is 5.56 Å². The normalized spacial score (nSPS) is 10.2. The van der Waals surface area contributed by atoms with Gasteiger partial charge in [0.1, 0.15) is 11.5 Å². The highest BCUT2D eigenvalue weighted by Crippen LogP contribution is 2.22. The lowest BCUT2D eigenvalue weighted by Crippen LogP contribution is -2.49. The number of carbonyl (C=O) groups excluding carboxylic acids is 2. The van der Waals surface area contributed by atoms with E-state index in [1.54, 1.807) is 24.3 Å². The van der Waals surface area contributed by atoms with Crippen LogP contribution in [-0.4, -0.2) is 30.1 Å². The molecule has 0 radical (unpaired) electrons. The van der Waals surface area contributed by atoms with Crippen LogP contribution in [0, 0.1) is 13.8 Å². The summed E-state index contributed by atoms with van der Waals surface area (Å²) in [6.45, 7) is 4.11. The predicted octanol–water partition coefficient (Wildman–Crippen LogP) is 3.64. The predicted molar refractivity (Wildman–Crippen MR) is 135 cm³/mol. The quantitative estimate of drug-likeness (QED) is 0.339. The number of rotatable bonds is 8. The van der Waals surface area contributed by atoms with E-state index >= 15 is 0 Å². The van der Waals surface area contributed by atoms with E-state index in [0.717, 1.165) is 17.5 Å². The van der Waals surface area contributed by atoms with Gasteiger partial charge in [-0.25, -0.2) is 0 Å². The van der Waals surface area contributed by atoms with E-state index in [-0.39, 0.29) is 11.7 Å². The fraction of sp³-hybridized carbons (Fsp3) is 0.192. The molecule has 0 aliphatic rings. The number of hydrogen-bond acceptors (Lipinski definition) is 5. The van der Waals surface area contributed by atoms with Gasteiger partial charge in [-0.2, -0.15) is 0 Å². The van der Waals surface area contributed by atoms with Gasteiger partial charge >= 0.3 is 0 Å². The highest BCUT2D eigenvalue weighted by Gasteiger charge is 2.11. The Morgan fingerprint density at radius 3 is 2.29 bits per heavy atom. The van der Waals surface area contributed by atoms with Gasteiger partial charge in [-0.1, -0.05) is 54.6 Å². The lowest BCUT2D eigenvalue weighted by Gasteiger charge is -2.13. The van der Waals surface area contributed by atoms with E-state index in [4.69, 9.17) is 21.7 Å². The molecule has 3 N–H and O–H groups in total. The van der Waals surface area contributed by atoms with Crippen LogP contribution in [0.5, 0.6) is 11.5 Å². The molecule has 0 atom stereocenters. The summed E-state index contributed by atoms with van der Waals surface area (Å²) in [5, 5.41) is 2.48. The molecule has 176 valence electrons. The van der Waals surface area contributed by atoms with Gasteiger partial charge < -0.3 is 9.47 Å². The van der Waals surface area contributed by atoms with Gasteiger partial charge in [0.2, 0.25) is 0 Å². The molecule has 8 heteroatoms. The first kappa shape index (κ1) is 24.7. The molecule has 0 heterocycles. The molecule has 7 nitrogen and oxygen atoms in total. The van der Waals surface area contributed by atoms with Crippen LogP contribution in [0.3, 0.4) is 0 Å². The van der Waals surface area contributed by atoms with Crippen LogP contribution in [0.25, 0.3) is 0 Å². The Hall–Kier alpha value is -3.91. The largest absolute Gasteiger partial charge is 0.493 e. The molecule has 0 saturated carbocycles. The zero-order valence-corrected chi connectivity index (χ0v) is 19.9.